The van der Waals surface area contributed by atoms with Crippen molar-refractivity contribution in [1.29, 1.82) is 0 Å². The van der Waals surface area contributed by atoms with Gasteiger partial charge in [0.05, 0.1) is 31.1 Å². The van der Waals surface area contributed by atoms with E-state index in [1.165, 1.54) is 4.31 Å². The van der Waals surface area contributed by atoms with Crippen molar-refractivity contribution in [3.63, 3.8) is 0 Å². The highest BCUT2D eigenvalue weighted by molar-refractivity contribution is 9.10. The summed E-state index contributed by atoms with van der Waals surface area (Å²) in [6.45, 7) is 8.01. The van der Waals surface area contributed by atoms with Gasteiger partial charge in [-0.1, -0.05) is 15.9 Å². The molecule has 134 valence electrons. The lowest BCUT2D eigenvalue weighted by atomic mass is 10.3. The van der Waals surface area contributed by atoms with Crippen molar-refractivity contribution in [1.82, 2.24) is 9.21 Å². The summed E-state index contributed by atoms with van der Waals surface area (Å²) < 4.78 is 27.7. The monoisotopic (exact) mass is 418 g/mol. The summed E-state index contributed by atoms with van der Waals surface area (Å²) in [6.07, 6.45) is 0. The minimum absolute atomic E-state index is 0.138. The third-order valence-corrected chi connectivity index (χ3v) is 6.84. The number of hydrogen-bond donors (Lipinski definition) is 1. The largest absolute Gasteiger partial charge is 0.338 e. The van der Waals surface area contributed by atoms with E-state index in [1.54, 1.807) is 24.3 Å². The van der Waals surface area contributed by atoms with Crippen molar-refractivity contribution in [3.8, 4) is 0 Å². The number of hydrogen-bond acceptors (Lipinski definition) is 3. The van der Waals surface area contributed by atoms with Crippen molar-refractivity contribution < 1.29 is 18.1 Å². The summed E-state index contributed by atoms with van der Waals surface area (Å²) >= 11 is 3.31. The molecule has 1 aromatic rings. The van der Waals surface area contributed by atoms with Crippen LogP contribution in [-0.4, -0.2) is 69.3 Å². The molecule has 2 rings (SSSR count). The molecule has 1 heterocycles. The quantitative estimate of drug-likeness (QED) is 0.717. The molecule has 24 heavy (non-hydrogen) atoms. The van der Waals surface area contributed by atoms with Gasteiger partial charge in [-0.2, -0.15) is 4.31 Å². The second-order valence-corrected chi connectivity index (χ2v) is 8.70. The number of halogens is 1. The molecule has 0 saturated carbocycles. The van der Waals surface area contributed by atoms with Gasteiger partial charge in [0.2, 0.25) is 10.0 Å². The SMILES string of the molecule is CCN(CC)C(=O)C[NH+]1CCN(S(=O)(=O)c2ccc(Br)cc2)CC1. The predicted molar refractivity (Wildman–Crippen MR) is 96.4 cm³/mol. The number of nitrogens with zero attached hydrogens (tertiary/aromatic N) is 2. The third-order valence-electron chi connectivity index (χ3n) is 4.40. The molecule has 1 aromatic carbocycles. The van der Waals surface area contributed by atoms with Crippen LogP contribution in [0.25, 0.3) is 0 Å². The molecular weight excluding hydrogens is 394 g/mol. The molecule has 0 atom stereocenters. The molecule has 1 aliphatic rings. The normalized spacial score (nSPS) is 17.0. The highest BCUT2D eigenvalue weighted by Gasteiger charge is 2.31. The first-order valence-corrected chi connectivity index (χ1v) is 10.5. The zero-order valence-corrected chi connectivity index (χ0v) is 16.6. The number of likely N-dealkylation sites (N-methyl/N-ethyl adjacent to an activating group) is 1. The van der Waals surface area contributed by atoms with Crippen molar-refractivity contribution in [2.24, 2.45) is 0 Å². The van der Waals surface area contributed by atoms with E-state index in [-0.39, 0.29) is 5.91 Å². The maximum absolute atomic E-state index is 12.7. The Hall–Kier alpha value is -0.960. The Morgan fingerprint density at radius 1 is 1.17 bits per heavy atom. The Labute approximate surface area is 152 Å². The van der Waals surface area contributed by atoms with E-state index in [2.05, 4.69) is 15.9 Å². The van der Waals surface area contributed by atoms with Gasteiger partial charge in [-0.25, -0.2) is 8.42 Å². The van der Waals surface area contributed by atoms with Crippen LogP contribution in [0.4, 0.5) is 0 Å². The summed E-state index contributed by atoms with van der Waals surface area (Å²) in [5.74, 6) is 0.138. The molecule has 1 saturated heterocycles. The average Bonchev–Trinajstić information content (AvgIpc) is 2.57. The van der Waals surface area contributed by atoms with E-state index in [1.807, 2.05) is 18.7 Å². The Morgan fingerprint density at radius 2 is 1.71 bits per heavy atom. The first-order chi connectivity index (χ1) is 11.4. The predicted octanol–water partition coefficient (Wildman–Crippen LogP) is 0.207. The number of carbonyl (C=O) groups excluding carboxylic acids is 1. The number of piperazine rings is 1. The van der Waals surface area contributed by atoms with Crippen LogP contribution in [-0.2, 0) is 14.8 Å². The standard InChI is InChI=1S/C16H24BrN3O3S/c1-3-19(4-2)16(21)13-18-9-11-20(12-10-18)24(22,23)15-7-5-14(17)6-8-15/h5-8H,3-4,9-13H2,1-2H3/p+1. The van der Waals surface area contributed by atoms with Crippen LogP contribution in [0.2, 0.25) is 0 Å². The molecule has 0 aliphatic carbocycles. The van der Waals surface area contributed by atoms with Crippen LogP contribution in [0.5, 0.6) is 0 Å². The maximum atomic E-state index is 12.7. The zero-order chi connectivity index (χ0) is 17.7. The Bertz CT molecular complexity index is 652. The van der Waals surface area contributed by atoms with Gasteiger partial charge >= 0.3 is 0 Å². The van der Waals surface area contributed by atoms with Crippen LogP contribution in [0.15, 0.2) is 33.6 Å². The van der Waals surface area contributed by atoms with E-state index in [4.69, 9.17) is 0 Å². The second-order valence-electron chi connectivity index (χ2n) is 5.85. The first-order valence-electron chi connectivity index (χ1n) is 8.25. The molecule has 0 bridgehead atoms. The van der Waals surface area contributed by atoms with E-state index in [9.17, 15) is 13.2 Å². The molecule has 0 unspecified atom stereocenters. The summed E-state index contributed by atoms with van der Waals surface area (Å²) in [4.78, 5) is 15.5. The molecule has 1 N–H and O–H groups in total. The fourth-order valence-electron chi connectivity index (χ4n) is 2.88. The fraction of sp³-hybridized carbons (Fsp3) is 0.562. The topological polar surface area (TPSA) is 62.1 Å². The van der Waals surface area contributed by atoms with Gasteiger partial charge in [0, 0.05) is 17.6 Å². The van der Waals surface area contributed by atoms with E-state index in [0.717, 1.165) is 9.37 Å². The average molecular weight is 419 g/mol. The number of nitrogens with one attached hydrogen (secondary N) is 1. The summed E-state index contributed by atoms with van der Waals surface area (Å²) in [7, 11) is -3.45. The number of sulfonamides is 1. The first kappa shape index (κ1) is 19.4. The highest BCUT2D eigenvalue weighted by Crippen LogP contribution is 2.18. The van der Waals surface area contributed by atoms with Gasteiger partial charge in [0.25, 0.3) is 5.91 Å². The Balaban J connectivity index is 1.94. The molecule has 8 heteroatoms. The Morgan fingerprint density at radius 3 is 2.21 bits per heavy atom. The molecule has 1 amide bonds. The lowest BCUT2D eigenvalue weighted by Gasteiger charge is -2.32. The van der Waals surface area contributed by atoms with Crippen molar-refractivity contribution in [3.05, 3.63) is 28.7 Å². The summed E-state index contributed by atoms with van der Waals surface area (Å²) in [6, 6.07) is 6.69. The van der Waals surface area contributed by atoms with E-state index in [0.29, 0.717) is 50.7 Å². The molecule has 1 aliphatic heterocycles. The fourth-order valence-corrected chi connectivity index (χ4v) is 4.58. The van der Waals surface area contributed by atoms with Crippen LogP contribution in [0, 0.1) is 0 Å². The molecular formula is C16H25BrN3O3S+. The number of amides is 1. The second kappa shape index (κ2) is 8.42. The number of rotatable bonds is 6. The van der Waals surface area contributed by atoms with Gasteiger partial charge in [0.15, 0.2) is 6.54 Å². The molecule has 0 aromatic heterocycles. The summed E-state index contributed by atoms with van der Waals surface area (Å²) in [5, 5.41) is 0. The van der Waals surface area contributed by atoms with Gasteiger partial charge in [-0.05, 0) is 38.1 Å². The molecule has 6 nitrogen and oxygen atoms in total. The third kappa shape index (κ3) is 4.56. The maximum Gasteiger partial charge on any atom is 0.277 e. The van der Waals surface area contributed by atoms with Gasteiger partial charge < -0.3 is 9.80 Å². The number of carbonyl (C=O) groups is 1. The van der Waals surface area contributed by atoms with E-state index < -0.39 is 10.0 Å². The lowest BCUT2D eigenvalue weighted by Crippen LogP contribution is -3.15. The smallest absolute Gasteiger partial charge is 0.277 e. The Kier molecular flexibility index (Phi) is 6.79. The van der Waals surface area contributed by atoms with Gasteiger partial charge in [-0.15, -0.1) is 0 Å². The van der Waals surface area contributed by atoms with Crippen molar-refractivity contribution >= 4 is 31.9 Å². The van der Waals surface area contributed by atoms with Crippen LogP contribution >= 0.6 is 15.9 Å². The molecule has 0 spiro atoms. The minimum atomic E-state index is -3.45. The zero-order valence-electron chi connectivity index (χ0n) is 14.2. The number of quaternary nitrogens is 1. The van der Waals surface area contributed by atoms with Crippen LogP contribution < -0.4 is 4.90 Å². The van der Waals surface area contributed by atoms with Crippen LogP contribution in [0.3, 0.4) is 0 Å². The minimum Gasteiger partial charge on any atom is -0.338 e. The summed E-state index contributed by atoms with van der Waals surface area (Å²) in [5.41, 5.74) is 0. The number of benzene rings is 1. The lowest BCUT2D eigenvalue weighted by molar-refractivity contribution is -0.896. The van der Waals surface area contributed by atoms with Crippen molar-refractivity contribution in [2.75, 3.05) is 45.8 Å². The van der Waals surface area contributed by atoms with Crippen LogP contribution in [0.1, 0.15) is 13.8 Å². The molecule has 1 fully saturated rings. The van der Waals surface area contributed by atoms with E-state index >= 15 is 0 Å². The van der Waals surface area contributed by atoms with Gasteiger partial charge in [0.1, 0.15) is 0 Å². The van der Waals surface area contributed by atoms with Gasteiger partial charge in [-0.3, -0.25) is 4.79 Å². The van der Waals surface area contributed by atoms with Crippen molar-refractivity contribution in [2.45, 2.75) is 18.7 Å². The highest BCUT2D eigenvalue weighted by atomic mass is 79.9. The molecule has 0 radical (unpaired) electrons.